The fourth-order valence-electron chi connectivity index (χ4n) is 3.49. The summed E-state index contributed by atoms with van der Waals surface area (Å²) < 4.78 is 13.8. The predicted molar refractivity (Wildman–Crippen MR) is 75.6 cm³/mol. The molecule has 2 unspecified atom stereocenters. The molecular weight excluding hydrogens is 253 g/mol. The number of fused-ring (bicyclic) bond motifs is 1. The van der Waals surface area contributed by atoms with Gasteiger partial charge in [0.25, 0.3) is 0 Å². The fraction of sp³-hybridized carbons (Fsp3) is 0.562. The maximum atomic E-state index is 13.8. The average Bonchev–Trinajstić information content (AvgIpc) is 2.89. The molecule has 2 saturated heterocycles. The summed E-state index contributed by atoms with van der Waals surface area (Å²) in [6.07, 6.45) is 5.04. The van der Waals surface area contributed by atoms with Crippen molar-refractivity contribution < 1.29 is 4.39 Å². The zero-order valence-corrected chi connectivity index (χ0v) is 11.6. The second kappa shape index (κ2) is 5.90. The topological polar surface area (TPSA) is 39.1 Å². The third-order valence-corrected chi connectivity index (χ3v) is 4.59. The number of hydrogen-bond donors (Lipinski definition) is 1. The van der Waals surface area contributed by atoms with E-state index in [2.05, 4.69) is 10.2 Å². The van der Waals surface area contributed by atoms with E-state index in [0.717, 1.165) is 13.0 Å². The van der Waals surface area contributed by atoms with E-state index >= 15 is 0 Å². The first-order valence-electron chi connectivity index (χ1n) is 7.44. The Hall–Kier alpha value is -1.44. The largest absolute Gasteiger partial charge is 0.308 e. The van der Waals surface area contributed by atoms with Crippen LogP contribution in [0.2, 0.25) is 0 Å². The second-order valence-corrected chi connectivity index (χ2v) is 5.79. The van der Waals surface area contributed by atoms with Crippen LogP contribution in [0.5, 0.6) is 0 Å². The van der Waals surface area contributed by atoms with E-state index in [0.29, 0.717) is 29.8 Å². The van der Waals surface area contributed by atoms with E-state index in [1.165, 1.54) is 31.9 Å². The zero-order chi connectivity index (χ0) is 13.9. The SMILES string of the molecule is N#Cc1ccc(CNC2CCN3CCCCC23)c(F)c1. The van der Waals surface area contributed by atoms with Gasteiger partial charge in [0.2, 0.25) is 0 Å². The second-order valence-electron chi connectivity index (χ2n) is 5.79. The Morgan fingerprint density at radius 3 is 3.00 bits per heavy atom. The maximum absolute atomic E-state index is 13.8. The van der Waals surface area contributed by atoms with E-state index in [4.69, 9.17) is 5.26 Å². The predicted octanol–water partition coefficient (Wildman–Crippen LogP) is 2.41. The molecule has 20 heavy (non-hydrogen) atoms. The molecule has 0 aromatic heterocycles. The number of piperidine rings is 1. The van der Waals surface area contributed by atoms with Crippen LogP contribution in [0.1, 0.15) is 36.8 Å². The van der Waals surface area contributed by atoms with Crippen molar-refractivity contribution in [1.29, 1.82) is 5.26 Å². The van der Waals surface area contributed by atoms with Crippen LogP contribution >= 0.6 is 0 Å². The van der Waals surface area contributed by atoms with Crippen LogP contribution in [0.3, 0.4) is 0 Å². The summed E-state index contributed by atoms with van der Waals surface area (Å²) in [7, 11) is 0. The van der Waals surface area contributed by atoms with Crippen LogP contribution < -0.4 is 5.32 Å². The summed E-state index contributed by atoms with van der Waals surface area (Å²) in [5.74, 6) is -0.282. The lowest BCUT2D eigenvalue weighted by molar-refractivity contribution is 0.180. The molecule has 1 aromatic carbocycles. The van der Waals surface area contributed by atoms with Gasteiger partial charge in [0, 0.05) is 30.7 Å². The minimum absolute atomic E-state index is 0.282. The summed E-state index contributed by atoms with van der Waals surface area (Å²) in [4.78, 5) is 2.57. The van der Waals surface area contributed by atoms with Crippen molar-refractivity contribution >= 4 is 0 Å². The van der Waals surface area contributed by atoms with Gasteiger partial charge in [0.1, 0.15) is 5.82 Å². The number of nitrogens with one attached hydrogen (secondary N) is 1. The lowest BCUT2D eigenvalue weighted by atomic mass is 9.99. The van der Waals surface area contributed by atoms with Crippen LogP contribution in [0.15, 0.2) is 18.2 Å². The monoisotopic (exact) mass is 273 g/mol. The van der Waals surface area contributed by atoms with E-state index < -0.39 is 0 Å². The number of nitrogens with zero attached hydrogens (tertiary/aromatic N) is 2. The van der Waals surface area contributed by atoms with Gasteiger partial charge in [-0.1, -0.05) is 12.5 Å². The highest BCUT2D eigenvalue weighted by atomic mass is 19.1. The highest BCUT2D eigenvalue weighted by Crippen LogP contribution is 2.27. The summed E-state index contributed by atoms with van der Waals surface area (Å²) in [5.41, 5.74) is 1.03. The molecule has 0 spiro atoms. The minimum Gasteiger partial charge on any atom is -0.308 e. The smallest absolute Gasteiger partial charge is 0.129 e. The van der Waals surface area contributed by atoms with Crippen molar-refractivity contribution in [1.82, 2.24) is 10.2 Å². The van der Waals surface area contributed by atoms with Gasteiger partial charge in [0.05, 0.1) is 11.6 Å². The summed E-state index contributed by atoms with van der Waals surface area (Å²) in [6, 6.07) is 7.79. The Bertz CT molecular complexity index is 523. The van der Waals surface area contributed by atoms with Gasteiger partial charge >= 0.3 is 0 Å². The third kappa shape index (κ3) is 2.70. The molecule has 2 fully saturated rings. The van der Waals surface area contributed by atoms with Crippen LogP contribution in [-0.4, -0.2) is 30.1 Å². The lowest BCUT2D eigenvalue weighted by Crippen LogP contribution is -2.44. The van der Waals surface area contributed by atoms with Gasteiger partial charge in [-0.3, -0.25) is 4.90 Å². The van der Waals surface area contributed by atoms with E-state index in [1.54, 1.807) is 12.1 Å². The molecular formula is C16H20FN3. The van der Waals surface area contributed by atoms with Crippen LogP contribution in [0, 0.1) is 17.1 Å². The molecule has 2 atom stereocenters. The summed E-state index contributed by atoms with van der Waals surface area (Å²) >= 11 is 0. The van der Waals surface area contributed by atoms with Crippen LogP contribution in [0.25, 0.3) is 0 Å². The normalized spacial score (nSPS) is 26.2. The molecule has 4 heteroatoms. The van der Waals surface area contributed by atoms with Crippen LogP contribution in [-0.2, 0) is 6.54 Å². The molecule has 1 N–H and O–H groups in total. The van der Waals surface area contributed by atoms with Gasteiger partial charge in [0.15, 0.2) is 0 Å². The first-order valence-corrected chi connectivity index (χ1v) is 7.44. The number of benzene rings is 1. The van der Waals surface area contributed by atoms with E-state index in [-0.39, 0.29) is 5.82 Å². The number of nitriles is 1. The molecule has 2 aliphatic heterocycles. The molecule has 0 radical (unpaired) electrons. The number of hydrogen-bond acceptors (Lipinski definition) is 3. The van der Waals surface area contributed by atoms with Crippen molar-refractivity contribution in [2.75, 3.05) is 13.1 Å². The summed E-state index contributed by atoms with van der Waals surface area (Å²) in [6.45, 7) is 2.93. The fourth-order valence-corrected chi connectivity index (χ4v) is 3.49. The molecule has 2 aliphatic rings. The molecule has 2 heterocycles. The average molecular weight is 273 g/mol. The standard InChI is InChI=1S/C16H20FN3/c17-14-9-12(10-18)4-5-13(14)11-19-15-6-8-20-7-2-1-3-16(15)20/h4-5,9,15-16,19H,1-3,6-8,11H2. The summed E-state index contributed by atoms with van der Waals surface area (Å²) in [5, 5.41) is 12.3. The highest BCUT2D eigenvalue weighted by molar-refractivity contribution is 5.32. The van der Waals surface area contributed by atoms with Crippen LogP contribution in [0.4, 0.5) is 4.39 Å². The Morgan fingerprint density at radius 2 is 2.20 bits per heavy atom. The van der Waals surface area contributed by atoms with Crippen molar-refractivity contribution in [3.05, 3.63) is 35.1 Å². The number of rotatable bonds is 3. The van der Waals surface area contributed by atoms with Crippen molar-refractivity contribution in [3.63, 3.8) is 0 Å². The molecule has 3 nitrogen and oxygen atoms in total. The lowest BCUT2D eigenvalue weighted by Gasteiger charge is -2.32. The molecule has 0 bridgehead atoms. The van der Waals surface area contributed by atoms with Gasteiger partial charge in [-0.05, 0) is 37.9 Å². The van der Waals surface area contributed by atoms with Gasteiger partial charge in [-0.15, -0.1) is 0 Å². The molecule has 0 saturated carbocycles. The molecule has 0 amide bonds. The van der Waals surface area contributed by atoms with Gasteiger partial charge < -0.3 is 5.32 Å². The third-order valence-electron chi connectivity index (χ3n) is 4.59. The molecule has 1 aromatic rings. The Morgan fingerprint density at radius 1 is 1.30 bits per heavy atom. The van der Waals surface area contributed by atoms with Gasteiger partial charge in [-0.25, -0.2) is 4.39 Å². The van der Waals surface area contributed by atoms with Gasteiger partial charge in [-0.2, -0.15) is 5.26 Å². The van der Waals surface area contributed by atoms with Crippen molar-refractivity contribution in [3.8, 4) is 6.07 Å². The molecule has 106 valence electrons. The van der Waals surface area contributed by atoms with Crippen molar-refractivity contribution in [2.24, 2.45) is 0 Å². The first-order chi connectivity index (χ1) is 9.78. The van der Waals surface area contributed by atoms with E-state index in [9.17, 15) is 4.39 Å². The maximum Gasteiger partial charge on any atom is 0.129 e. The quantitative estimate of drug-likeness (QED) is 0.919. The molecule has 3 rings (SSSR count). The Balaban J connectivity index is 1.61. The first kappa shape index (κ1) is 13.5. The van der Waals surface area contributed by atoms with E-state index in [1.807, 2.05) is 6.07 Å². The Kier molecular flexibility index (Phi) is 4.00. The zero-order valence-electron chi connectivity index (χ0n) is 11.6. The minimum atomic E-state index is -0.282. The Labute approximate surface area is 119 Å². The van der Waals surface area contributed by atoms with Crippen molar-refractivity contribution in [2.45, 2.75) is 44.3 Å². The highest BCUT2D eigenvalue weighted by Gasteiger charge is 2.34. The molecule has 0 aliphatic carbocycles. The number of halogens is 1.